The number of hydrogen-bond acceptors (Lipinski definition) is 3. The first kappa shape index (κ1) is 8.47. The Hall–Kier alpha value is 0.375. The average Bonchev–Trinajstić information content (AvgIpc) is 2.31. The van der Waals surface area contributed by atoms with Crippen LogP contribution in [0.25, 0.3) is 0 Å². The molecule has 5 heteroatoms. The zero-order valence-corrected chi connectivity index (χ0v) is 7.04. The van der Waals surface area contributed by atoms with Crippen LogP contribution in [-0.4, -0.2) is 31.5 Å². The van der Waals surface area contributed by atoms with Crippen LogP contribution in [0.15, 0.2) is 0 Å². The van der Waals surface area contributed by atoms with E-state index in [1.54, 1.807) is 0 Å². The van der Waals surface area contributed by atoms with Crippen molar-refractivity contribution in [2.45, 2.75) is 24.9 Å². The van der Waals surface area contributed by atoms with Crippen LogP contribution in [0.3, 0.4) is 0 Å². The molecule has 0 aromatic heterocycles. The van der Waals surface area contributed by atoms with E-state index in [2.05, 4.69) is 7.85 Å². The van der Waals surface area contributed by atoms with Crippen molar-refractivity contribution in [1.82, 2.24) is 0 Å². The predicted molar refractivity (Wildman–Crippen MR) is 42.9 cm³/mol. The Morgan fingerprint density at radius 3 is 3.00 bits per heavy atom. The second-order valence-corrected chi connectivity index (χ2v) is 3.02. The third-order valence-corrected chi connectivity index (χ3v) is 1.95. The first-order chi connectivity index (χ1) is 4.83. The molecule has 0 aromatic rings. The van der Waals surface area contributed by atoms with Gasteiger partial charge in [-0.1, -0.05) is 0 Å². The highest BCUT2D eigenvalue weighted by Crippen LogP contribution is 2.19. The smallest absolute Gasteiger partial charge is 0.152 e. The second-order valence-electron chi connectivity index (χ2n) is 2.55. The maximum Gasteiger partial charge on any atom is 0.152 e. The maximum absolute atomic E-state index is 8.34. The van der Waals surface area contributed by atoms with E-state index >= 15 is 0 Å². The van der Waals surface area contributed by atoms with Crippen molar-refractivity contribution in [3.05, 3.63) is 0 Å². The summed E-state index contributed by atoms with van der Waals surface area (Å²) in [7, 11) is 1.65. The molecule has 0 radical (unpaired) electrons. The lowest BCUT2D eigenvalue weighted by atomic mass is 9.97. The molecule has 0 spiro atoms. The monoisotopic (exact) mass is 162 g/mol. The van der Waals surface area contributed by atoms with Gasteiger partial charge in [0, 0.05) is 6.00 Å². The van der Waals surface area contributed by atoms with E-state index in [1.165, 1.54) is 0 Å². The highest BCUT2D eigenvalue weighted by atomic mass is 31.1. The van der Waals surface area contributed by atoms with Crippen molar-refractivity contribution >= 4 is 16.9 Å². The zero-order chi connectivity index (χ0) is 7.40. The Morgan fingerprint density at radius 1 is 1.70 bits per heavy atom. The Labute approximate surface area is 63.5 Å². The van der Waals surface area contributed by atoms with E-state index in [9.17, 15) is 0 Å². The van der Waals surface area contributed by atoms with Gasteiger partial charge in [-0.05, 0) is 12.8 Å². The molecule has 0 saturated carbocycles. The van der Waals surface area contributed by atoms with Gasteiger partial charge in [0.1, 0.15) is 7.85 Å². The second kappa shape index (κ2) is 4.29. The summed E-state index contributed by atoms with van der Waals surface area (Å²) >= 11 is 0. The van der Waals surface area contributed by atoms with E-state index in [0.29, 0.717) is 12.6 Å². The number of hydrogen-bond donors (Lipinski definition) is 1. The molecular formula is C5H12BO3P. The molecule has 1 aliphatic rings. The molecule has 0 aliphatic carbocycles. The van der Waals surface area contributed by atoms with Gasteiger partial charge in [-0.2, -0.15) is 0 Å². The molecule has 58 valence electrons. The summed E-state index contributed by atoms with van der Waals surface area (Å²) in [5.41, 5.74) is 0. The summed E-state index contributed by atoms with van der Waals surface area (Å²) < 4.78 is 10.3. The van der Waals surface area contributed by atoms with Crippen LogP contribution in [0.2, 0.25) is 0 Å². The molecule has 1 N–H and O–H groups in total. The Kier molecular flexibility index (Phi) is 3.64. The Bertz CT molecular complexity index is 103. The molecule has 0 bridgehead atoms. The minimum atomic E-state index is -0.403. The number of ether oxygens (including phenoxy) is 1. The summed E-state index contributed by atoms with van der Waals surface area (Å²) in [6.07, 6.45) is 2.39. The Balaban J connectivity index is 2.06. The van der Waals surface area contributed by atoms with E-state index in [0.717, 1.165) is 12.8 Å². The summed E-state index contributed by atoms with van der Waals surface area (Å²) in [6.45, 7) is 0.541. The summed E-state index contributed by atoms with van der Waals surface area (Å²) in [5, 5.41) is 0. The largest absolute Gasteiger partial charge is 0.382 e. The van der Waals surface area contributed by atoms with Crippen molar-refractivity contribution in [1.29, 1.82) is 0 Å². The molecule has 1 fully saturated rings. The van der Waals surface area contributed by atoms with Crippen LogP contribution in [0.1, 0.15) is 12.8 Å². The minimum Gasteiger partial charge on any atom is -0.382 e. The summed E-state index contributed by atoms with van der Waals surface area (Å²) in [4.78, 5) is 8.34. The van der Waals surface area contributed by atoms with Gasteiger partial charge in [-0.25, -0.2) is 0 Å². The van der Waals surface area contributed by atoms with E-state index in [-0.39, 0.29) is 6.10 Å². The highest BCUT2D eigenvalue weighted by Gasteiger charge is 2.21. The standard InChI is InChI=1S/C5H12BO3P/c6-5-2-1-4(9-5)3-8-10-7/h4-5,7,10H,1-3,6H2. The van der Waals surface area contributed by atoms with Gasteiger partial charge in [0.2, 0.25) is 0 Å². The van der Waals surface area contributed by atoms with Crippen LogP contribution in [0.5, 0.6) is 0 Å². The van der Waals surface area contributed by atoms with E-state index in [4.69, 9.17) is 14.2 Å². The molecule has 1 aliphatic heterocycles. The fourth-order valence-electron chi connectivity index (χ4n) is 1.14. The lowest BCUT2D eigenvalue weighted by Gasteiger charge is -2.09. The SMILES string of the molecule is BC1CCC(COPO)O1. The van der Waals surface area contributed by atoms with Gasteiger partial charge in [0.15, 0.2) is 9.03 Å². The fourth-order valence-corrected chi connectivity index (χ4v) is 1.40. The van der Waals surface area contributed by atoms with E-state index in [1.807, 2.05) is 0 Å². The van der Waals surface area contributed by atoms with Gasteiger partial charge in [-0.15, -0.1) is 0 Å². The average molecular weight is 162 g/mol. The summed E-state index contributed by atoms with van der Waals surface area (Å²) in [5.74, 6) is 0. The van der Waals surface area contributed by atoms with Gasteiger partial charge in [0.05, 0.1) is 12.7 Å². The predicted octanol–water partition coefficient (Wildman–Crippen LogP) is -0.358. The summed E-state index contributed by atoms with van der Waals surface area (Å²) in [6, 6.07) is 0.371. The van der Waals surface area contributed by atoms with Gasteiger partial charge >= 0.3 is 0 Å². The Morgan fingerprint density at radius 2 is 2.50 bits per heavy atom. The molecule has 1 saturated heterocycles. The maximum atomic E-state index is 8.34. The van der Waals surface area contributed by atoms with Gasteiger partial charge in [-0.3, -0.25) is 0 Å². The first-order valence-electron chi connectivity index (χ1n) is 3.49. The normalized spacial score (nSPS) is 34.1. The molecule has 3 nitrogen and oxygen atoms in total. The third kappa shape index (κ3) is 2.55. The first-order valence-corrected chi connectivity index (χ1v) is 4.35. The fraction of sp³-hybridized carbons (Fsp3) is 1.00. The third-order valence-electron chi connectivity index (χ3n) is 1.65. The molecule has 1 heterocycles. The van der Waals surface area contributed by atoms with Crippen LogP contribution in [0, 0.1) is 0 Å². The number of rotatable bonds is 3. The highest BCUT2D eigenvalue weighted by molar-refractivity contribution is 7.24. The molecule has 0 amide bonds. The lowest BCUT2D eigenvalue weighted by molar-refractivity contribution is 0.0533. The molecule has 1 rings (SSSR count). The van der Waals surface area contributed by atoms with Crippen molar-refractivity contribution in [3.8, 4) is 0 Å². The zero-order valence-electron chi connectivity index (χ0n) is 6.04. The van der Waals surface area contributed by atoms with E-state index < -0.39 is 9.03 Å². The molecule has 3 unspecified atom stereocenters. The van der Waals surface area contributed by atoms with Crippen LogP contribution in [-0.2, 0) is 9.26 Å². The van der Waals surface area contributed by atoms with Gasteiger partial charge in [0.25, 0.3) is 0 Å². The molecule has 0 aromatic carbocycles. The van der Waals surface area contributed by atoms with Crippen LogP contribution >= 0.6 is 9.03 Å². The quantitative estimate of drug-likeness (QED) is 0.455. The van der Waals surface area contributed by atoms with Crippen molar-refractivity contribution in [3.63, 3.8) is 0 Å². The van der Waals surface area contributed by atoms with Gasteiger partial charge < -0.3 is 14.2 Å². The molecule has 10 heavy (non-hydrogen) atoms. The van der Waals surface area contributed by atoms with Crippen molar-refractivity contribution in [2.24, 2.45) is 0 Å². The van der Waals surface area contributed by atoms with Crippen molar-refractivity contribution < 1.29 is 14.2 Å². The minimum absolute atomic E-state index is 0.217. The molecule has 3 atom stereocenters. The van der Waals surface area contributed by atoms with Crippen molar-refractivity contribution in [2.75, 3.05) is 6.61 Å². The van der Waals surface area contributed by atoms with Crippen LogP contribution < -0.4 is 0 Å². The van der Waals surface area contributed by atoms with Crippen LogP contribution in [0.4, 0.5) is 0 Å². The lowest BCUT2D eigenvalue weighted by Crippen LogP contribution is -2.14. The topological polar surface area (TPSA) is 38.7 Å². The molecular weight excluding hydrogens is 150 g/mol.